The maximum Gasteiger partial charge on any atom is 0.435 e. The second-order valence-corrected chi connectivity index (χ2v) is 6.57. The largest absolute Gasteiger partial charge is 0.443 e. The summed E-state index contributed by atoms with van der Waals surface area (Å²) >= 11 is 0. The first kappa shape index (κ1) is 19.5. The van der Waals surface area contributed by atoms with Gasteiger partial charge in [0.1, 0.15) is 12.4 Å². The molecule has 0 saturated heterocycles. The lowest BCUT2D eigenvalue weighted by Crippen LogP contribution is -2.17. The summed E-state index contributed by atoms with van der Waals surface area (Å²) in [4.78, 5) is 17.0. The average Bonchev–Trinajstić information content (AvgIpc) is 3.19. The number of nitrogens with zero attached hydrogens (tertiary/aromatic N) is 3. The first-order valence-electron chi connectivity index (χ1n) is 9.36. The van der Waals surface area contributed by atoms with E-state index < -0.39 is 6.09 Å². The van der Waals surface area contributed by atoms with Crippen LogP contribution in [0.1, 0.15) is 11.3 Å². The summed E-state index contributed by atoms with van der Waals surface area (Å²) in [6.07, 6.45) is 2.65. The maximum atomic E-state index is 13.5. The van der Waals surface area contributed by atoms with Gasteiger partial charge in [0.15, 0.2) is 0 Å². The maximum absolute atomic E-state index is 13.5. The average molecular weight is 402 g/mol. The molecule has 0 atom stereocenters. The van der Waals surface area contributed by atoms with Crippen LogP contribution in [0.2, 0.25) is 0 Å². The van der Waals surface area contributed by atoms with Crippen LogP contribution in [0.25, 0.3) is 22.4 Å². The van der Waals surface area contributed by atoms with Crippen LogP contribution >= 0.6 is 0 Å². The van der Waals surface area contributed by atoms with Crippen molar-refractivity contribution in [2.75, 3.05) is 0 Å². The predicted molar refractivity (Wildman–Crippen MR) is 111 cm³/mol. The van der Waals surface area contributed by atoms with Crippen LogP contribution in [0.15, 0.2) is 79.1 Å². The zero-order valence-electron chi connectivity index (χ0n) is 16.0. The minimum atomic E-state index is -0.645. The SMILES string of the molecule is NCc1nn(C(=O)OCc2ccccc2)c(-c2ccc(F)cc2)c1-c1ccncc1. The zero-order chi connectivity index (χ0) is 20.9. The number of aromatic nitrogens is 3. The van der Waals surface area contributed by atoms with Crippen LogP contribution in [-0.4, -0.2) is 20.9 Å². The zero-order valence-corrected chi connectivity index (χ0v) is 16.0. The lowest BCUT2D eigenvalue weighted by Gasteiger charge is -2.10. The van der Waals surface area contributed by atoms with Gasteiger partial charge in [-0.1, -0.05) is 30.3 Å². The van der Waals surface area contributed by atoms with E-state index in [0.29, 0.717) is 22.5 Å². The molecule has 4 aromatic rings. The molecule has 2 aromatic heterocycles. The fourth-order valence-corrected chi connectivity index (χ4v) is 3.22. The topological polar surface area (TPSA) is 83.0 Å². The lowest BCUT2D eigenvalue weighted by atomic mass is 9.99. The number of hydrogen-bond donors (Lipinski definition) is 1. The fourth-order valence-electron chi connectivity index (χ4n) is 3.22. The first-order valence-corrected chi connectivity index (χ1v) is 9.36. The van der Waals surface area contributed by atoms with E-state index in [1.807, 2.05) is 42.5 Å². The molecule has 0 bridgehead atoms. The molecule has 0 spiro atoms. The second-order valence-electron chi connectivity index (χ2n) is 6.57. The Balaban J connectivity index is 1.80. The number of benzene rings is 2. The Morgan fingerprint density at radius 2 is 1.67 bits per heavy atom. The third-order valence-electron chi connectivity index (χ3n) is 4.62. The number of carbonyl (C=O) groups excluding carboxylic acids is 1. The van der Waals surface area contributed by atoms with E-state index in [9.17, 15) is 9.18 Å². The van der Waals surface area contributed by atoms with Gasteiger partial charge in [0, 0.05) is 30.1 Å². The van der Waals surface area contributed by atoms with Crippen molar-refractivity contribution in [2.24, 2.45) is 5.73 Å². The van der Waals surface area contributed by atoms with E-state index in [2.05, 4.69) is 10.1 Å². The molecule has 0 unspecified atom stereocenters. The van der Waals surface area contributed by atoms with Crippen molar-refractivity contribution in [3.05, 3.63) is 96.2 Å². The van der Waals surface area contributed by atoms with Gasteiger partial charge in [0.25, 0.3) is 0 Å². The highest BCUT2D eigenvalue weighted by molar-refractivity contribution is 5.88. The molecule has 0 saturated carbocycles. The molecule has 150 valence electrons. The van der Waals surface area contributed by atoms with Gasteiger partial charge in [-0.3, -0.25) is 4.98 Å². The van der Waals surface area contributed by atoms with Crippen LogP contribution in [0.5, 0.6) is 0 Å². The minimum Gasteiger partial charge on any atom is -0.443 e. The smallest absolute Gasteiger partial charge is 0.435 e. The van der Waals surface area contributed by atoms with Gasteiger partial charge in [0.2, 0.25) is 0 Å². The molecule has 0 aliphatic heterocycles. The van der Waals surface area contributed by atoms with Gasteiger partial charge in [-0.25, -0.2) is 9.18 Å². The monoisotopic (exact) mass is 402 g/mol. The lowest BCUT2D eigenvalue weighted by molar-refractivity contribution is 0.138. The first-order chi connectivity index (χ1) is 14.7. The Labute approximate surface area is 172 Å². The summed E-state index contributed by atoms with van der Waals surface area (Å²) < 4.78 is 20.2. The van der Waals surface area contributed by atoms with Crippen LogP contribution < -0.4 is 5.73 Å². The van der Waals surface area contributed by atoms with Crippen molar-refractivity contribution >= 4 is 6.09 Å². The van der Waals surface area contributed by atoms with Crippen molar-refractivity contribution in [2.45, 2.75) is 13.2 Å². The molecule has 2 aromatic carbocycles. The van der Waals surface area contributed by atoms with Gasteiger partial charge in [-0.2, -0.15) is 9.78 Å². The highest BCUT2D eigenvalue weighted by Crippen LogP contribution is 2.35. The standard InChI is InChI=1S/C23H19FN4O2/c24-19-8-6-18(7-9-19)22-21(17-10-12-26-13-11-17)20(14-25)27-28(22)23(29)30-15-16-4-2-1-3-5-16/h1-13H,14-15,25H2. The summed E-state index contributed by atoms with van der Waals surface area (Å²) in [7, 11) is 0. The number of carbonyl (C=O) groups is 1. The quantitative estimate of drug-likeness (QED) is 0.535. The molecule has 6 nitrogen and oxygen atoms in total. The van der Waals surface area contributed by atoms with Gasteiger partial charge in [-0.15, -0.1) is 0 Å². The van der Waals surface area contributed by atoms with Crippen molar-refractivity contribution in [1.82, 2.24) is 14.8 Å². The van der Waals surface area contributed by atoms with E-state index in [1.165, 1.54) is 16.8 Å². The van der Waals surface area contributed by atoms with Crippen molar-refractivity contribution in [3.8, 4) is 22.4 Å². The van der Waals surface area contributed by atoms with Gasteiger partial charge in [0.05, 0.1) is 11.4 Å². The summed E-state index contributed by atoms with van der Waals surface area (Å²) in [5, 5.41) is 4.42. The van der Waals surface area contributed by atoms with E-state index in [1.54, 1.807) is 24.5 Å². The third kappa shape index (κ3) is 3.97. The van der Waals surface area contributed by atoms with E-state index in [-0.39, 0.29) is 19.0 Å². The number of pyridine rings is 1. The van der Waals surface area contributed by atoms with Crippen LogP contribution in [0.3, 0.4) is 0 Å². The molecule has 30 heavy (non-hydrogen) atoms. The molecule has 2 heterocycles. The molecule has 0 fully saturated rings. The number of hydrogen-bond acceptors (Lipinski definition) is 5. The molecule has 0 aliphatic rings. The summed E-state index contributed by atoms with van der Waals surface area (Å²) in [6, 6.07) is 18.8. The van der Waals surface area contributed by atoms with Crippen molar-refractivity contribution in [1.29, 1.82) is 0 Å². The Kier molecular flexibility index (Phi) is 5.63. The number of nitrogens with two attached hydrogens (primary N) is 1. The highest BCUT2D eigenvalue weighted by atomic mass is 19.1. The van der Waals surface area contributed by atoms with E-state index >= 15 is 0 Å². The van der Waals surface area contributed by atoms with Gasteiger partial charge < -0.3 is 10.5 Å². The summed E-state index contributed by atoms with van der Waals surface area (Å²) in [6.45, 7) is 0.218. The molecule has 0 amide bonds. The molecular formula is C23H19FN4O2. The molecule has 4 rings (SSSR count). The summed E-state index contributed by atoms with van der Waals surface area (Å²) in [5.74, 6) is -0.374. The molecule has 7 heteroatoms. The molecule has 0 aliphatic carbocycles. The molecule has 2 N–H and O–H groups in total. The number of halogens is 1. The molecular weight excluding hydrogens is 383 g/mol. The van der Waals surface area contributed by atoms with Crippen LogP contribution in [0, 0.1) is 5.82 Å². The highest BCUT2D eigenvalue weighted by Gasteiger charge is 2.24. The normalized spacial score (nSPS) is 10.7. The Morgan fingerprint density at radius 3 is 2.33 bits per heavy atom. The van der Waals surface area contributed by atoms with Crippen molar-refractivity contribution < 1.29 is 13.9 Å². The third-order valence-corrected chi connectivity index (χ3v) is 4.62. The summed E-state index contributed by atoms with van der Waals surface area (Å²) in [5.41, 5.74) is 9.90. The fraction of sp³-hybridized carbons (Fsp3) is 0.0870. The number of ether oxygens (including phenoxy) is 1. The Morgan fingerprint density at radius 1 is 0.967 bits per heavy atom. The van der Waals surface area contributed by atoms with Crippen LogP contribution in [0.4, 0.5) is 9.18 Å². The Bertz CT molecular complexity index is 1140. The number of rotatable bonds is 5. The van der Waals surface area contributed by atoms with Gasteiger partial charge >= 0.3 is 6.09 Å². The van der Waals surface area contributed by atoms with E-state index in [4.69, 9.17) is 10.5 Å². The predicted octanol–water partition coefficient (Wildman–Crippen LogP) is 4.39. The molecule has 0 radical (unpaired) electrons. The Hall–Kier alpha value is -3.84. The van der Waals surface area contributed by atoms with Crippen molar-refractivity contribution in [3.63, 3.8) is 0 Å². The van der Waals surface area contributed by atoms with Gasteiger partial charge in [-0.05, 0) is 47.5 Å². The van der Waals surface area contributed by atoms with Crippen LogP contribution in [-0.2, 0) is 17.9 Å². The van der Waals surface area contributed by atoms with E-state index in [0.717, 1.165) is 11.1 Å². The second kappa shape index (κ2) is 8.67. The minimum absolute atomic E-state index is 0.102.